The van der Waals surface area contributed by atoms with Crippen molar-refractivity contribution in [3.63, 3.8) is 0 Å². The molecule has 200 valence electrons. The summed E-state index contributed by atoms with van der Waals surface area (Å²) in [6, 6.07) is 10.2. The van der Waals surface area contributed by atoms with Crippen molar-refractivity contribution in [2.75, 3.05) is 16.6 Å². The molecule has 0 aliphatic heterocycles. The summed E-state index contributed by atoms with van der Waals surface area (Å²) in [6.07, 6.45) is 1.69. The Labute approximate surface area is 232 Å². The zero-order valence-corrected chi connectivity index (χ0v) is 24.0. The Hall–Kier alpha value is -2.95. The van der Waals surface area contributed by atoms with Gasteiger partial charge in [0.1, 0.15) is 16.5 Å². The predicted molar refractivity (Wildman–Crippen MR) is 152 cm³/mol. The zero-order chi connectivity index (χ0) is 27.6. The normalized spacial score (nSPS) is 12.6. The second-order valence-corrected chi connectivity index (χ2v) is 12.6. The Morgan fingerprint density at radius 2 is 1.74 bits per heavy atom. The lowest BCUT2D eigenvalue weighted by Crippen LogP contribution is -2.10. The standard InChI is InChI=1S/C27H28ClF2N5OS2/c1-15(2)14-32-26-31-13-12-20(33-26)23-22(34-25(37-23)27(3,4)5)16-8-6-11-19(21(16)28)35-38(36)24-17(29)9-7-10-18(24)30/h6-13,15,35H,14H2,1-5H3,(H,31,32,33). The third kappa shape index (κ3) is 6.19. The largest absolute Gasteiger partial charge is 0.354 e. The second kappa shape index (κ2) is 11.4. The SMILES string of the molecule is CC(C)CNc1nccc(-c2sc(C(C)(C)C)nc2-c2cccc(NS(=O)c3c(F)cccc3F)c2Cl)n1. The molecule has 1 atom stereocenters. The molecule has 0 saturated carbocycles. The molecule has 0 spiro atoms. The number of benzene rings is 2. The van der Waals surface area contributed by atoms with Crippen molar-refractivity contribution in [1.82, 2.24) is 15.0 Å². The molecule has 0 aliphatic carbocycles. The topological polar surface area (TPSA) is 79.8 Å². The molecule has 38 heavy (non-hydrogen) atoms. The van der Waals surface area contributed by atoms with Crippen molar-refractivity contribution in [1.29, 1.82) is 0 Å². The first kappa shape index (κ1) is 28.1. The van der Waals surface area contributed by atoms with E-state index >= 15 is 0 Å². The molecule has 0 saturated heterocycles. The number of hydrogen-bond acceptors (Lipinski definition) is 6. The van der Waals surface area contributed by atoms with Crippen molar-refractivity contribution in [3.05, 3.63) is 70.3 Å². The Morgan fingerprint density at radius 3 is 2.39 bits per heavy atom. The van der Waals surface area contributed by atoms with E-state index in [2.05, 4.69) is 49.6 Å². The third-order valence-electron chi connectivity index (χ3n) is 5.39. The average Bonchev–Trinajstić information content (AvgIpc) is 3.30. The number of aromatic nitrogens is 3. The second-order valence-electron chi connectivity index (χ2n) is 10.1. The Morgan fingerprint density at radius 1 is 1.05 bits per heavy atom. The van der Waals surface area contributed by atoms with E-state index in [1.165, 1.54) is 17.4 Å². The Balaban J connectivity index is 1.78. The van der Waals surface area contributed by atoms with E-state index in [0.29, 0.717) is 28.8 Å². The van der Waals surface area contributed by atoms with Gasteiger partial charge in [0.25, 0.3) is 0 Å². The molecule has 0 radical (unpaired) electrons. The highest BCUT2D eigenvalue weighted by Gasteiger charge is 2.26. The molecule has 2 heterocycles. The van der Waals surface area contributed by atoms with Crippen molar-refractivity contribution < 1.29 is 13.0 Å². The fourth-order valence-corrected chi connectivity index (χ4v) is 5.86. The summed E-state index contributed by atoms with van der Waals surface area (Å²) in [7, 11) is -2.22. The highest BCUT2D eigenvalue weighted by atomic mass is 35.5. The number of thiazole rings is 1. The van der Waals surface area contributed by atoms with Crippen molar-refractivity contribution in [2.24, 2.45) is 5.92 Å². The molecule has 1 unspecified atom stereocenters. The summed E-state index contributed by atoms with van der Waals surface area (Å²) in [5.41, 5.74) is 1.86. The molecule has 0 bridgehead atoms. The van der Waals surface area contributed by atoms with Crippen molar-refractivity contribution >= 4 is 45.6 Å². The predicted octanol–water partition coefficient (Wildman–Crippen LogP) is 7.70. The first-order chi connectivity index (χ1) is 18.0. The van der Waals surface area contributed by atoms with Gasteiger partial charge in [-0.05, 0) is 30.2 Å². The minimum Gasteiger partial charge on any atom is -0.354 e. The van der Waals surface area contributed by atoms with Gasteiger partial charge in [0.15, 0.2) is 11.0 Å². The quantitative estimate of drug-likeness (QED) is 0.225. The smallest absolute Gasteiger partial charge is 0.223 e. The van der Waals surface area contributed by atoms with Crippen LogP contribution >= 0.6 is 22.9 Å². The van der Waals surface area contributed by atoms with Gasteiger partial charge in [-0.1, -0.05) is 64.4 Å². The summed E-state index contributed by atoms with van der Waals surface area (Å²) in [6.45, 7) is 11.1. The van der Waals surface area contributed by atoms with Gasteiger partial charge in [-0.25, -0.2) is 27.9 Å². The highest BCUT2D eigenvalue weighted by molar-refractivity contribution is 7.86. The number of nitrogens with one attached hydrogen (secondary N) is 2. The molecule has 0 fully saturated rings. The van der Waals surface area contributed by atoms with Gasteiger partial charge in [-0.3, -0.25) is 4.72 Å². The molecule has 11 heteroatoms. The van der Waals surface area contributed by atoms with E-state index in [0.717, 1.165) is 28.6 Å². The Kier molecular flexibility index (Phi) is 8.44. The van der Waals surface area contributed by atoms with Gasteiger partial charge in [0.05, 0.1) is 32.0 Å². The molecule has 2 aromatic carbocycles. The van der Waals surface area contributed by atoms with Crippen LogP contribution in [0.3, 0.4) is 0 Å². The summed E-state index contributed by atoms with van der Waals surface area (Å²) >= 11 is 8.30. The minimum atomic E-state index is -2.22. The molecule has 4 rings (SSSR count). The molecule has 2 N–H and O–H groups in total. The van der Waals surface area contributed by atoms with Crippen molar-refractivity contribution in [2.45, 2.75) is 44.9 Å². The summed E-state index contributed by atoms with van der Waals surface area (Å²) in [4.78, 5) is 14.2. The molecule has 2 aromatic heterocycles. The minimum absolute atomic E-state index is 0.219. The van der Waals surface area contributed by atoms with Gasteiger partial charge in [0, 0.05) is 23.7 Å². The fraction of sp³-hybridized carbons (Fsp3) is 0.296. The van der Waals surface area contributed by atoms with E-state index in [4.69, 9.17) is 21.6 Å². The number of rotatable bonds is 8. The lowest BCUT2D eigenvalue weighted by atomic mass is 9.98. The van der Waals surface area contributed by atoms with E-state index < -0.39 is 27.5 Å². The molecular formula is C27H28ClF2N5OS2. The number of halogens is 3. The first-order valence-corrected chi connectivity index (χ1v) is 14.3. The van der Waals surface area contributed by atoms with Crippen LogP contribution in [0.2, 0.25) is 5.02 Å². The van der Waals surface area contributed by atoms with Crippen LogP contribution in [0.4, 0.5) is 20.4 Å². The molecule has 0 amide bonds. The monoisotopic (exact) mass is 575 g/mol. The maximum absolute atomic E-state index is 14.2. The summed E-state index contributed by atoms with van der Waals surface area (Å²) < 4.78 is 43.9. The molecule has 6 nitrogen and oxygen atoms in total. The van der Waals surface area contributed by atoms with Crippen LogP contribution in [0.25, 0.3) is 21.8 Å². The third-order valence-corrected chi connectivity index (χ3v) is 8.46. The highest BCUT2D eigenvalue weighted by Crippen LogP contribution is 2.44. The van der Waals surface area contributed by atoms with Crippen LogP contribution in [0.15, 0.2) is 53.6 Å². The summed E-state index contributed by atoms with van der Waals surface area (Å²) in [5, 5.41) is 4.35. The van der Waals surface area contributed by atoms with E-state index in [1.54, 1.807) is 24.4 Å². The van der Waals surface area contributed by atoms with Crippen LogP contribution in [-0.2, 0) is 16.4 Å². The fourth-order valence-electron chi connectivity index (χ4n) is 3.47. The van der Waals surface area contributed by atoms with Gasteiger partial charge < -0.3 is 5.32 Å². The van der Waals surface area contributed by atoms with E-state index in [9.17, 15) is 13.0 Å². The zero-order valence-electron chi connectivity index (χ0n) is 21.6. The van der Waals surface area contributed by atoms with Crippen LogP contribution in [0.5, 0.6) is 0 Å². The lowest BCUT2D eigenvalue weighted by molar-refractivity contribution is 0.535. The molecular weight excluding hydrogens is 548 g/mol. The van der Waals surface area contributed by atoms with Gasteiger partial charge in [-0.2, -0.15) is 0 Å². The maximum atomic E-state index is 14.2. The van der Waals surface area contributed by atoms with Crippen LogP contribution in [0.1, 0.15) is 39.6 Å². The first-order valence-electron chi connectivity index (χ1n) is 12.0. The average molecular weight is 576 g/mol. The number of anilines is 2. The van der Waals surface area contributed by atoms with Crippen LogP contribution < -0.4 is 10.0 Å². The van der Waals surface area contributed by atoms with Gasteiger partial charge in [0.2, 0.25) is 5.95 Å². The van der Waals surface area contributed by atoms with E-state index in [1.807, 2.05) is 6.07 Å². The Bertz CT molecular complexity index is 1470. The van der Waals surface area contributed by atoms with Crippen LogP contribution in [0, 0.1) is 17.6 Å². The van der Waals surface area contributed by atoms with Crippen LogP contribution in [-0.4, -0.2) is 25.7 Å². The van der Waals surface area contributed by atoms with Gasteiger partial charge >= 0.3 is 0 Å². The maximum Gasteiger partial charge on any atom is 0.223 e. The summed E-state index contributed by atoms with van der Waals surface area (Å²) in [5.74, 6) is -0.890. The lowest BCUT2D eigenvalue weighted by Gasteiger charge is -2.14. The van der Waals surface area contributed by atoms with Gasteiger partial charge in [-0.15, -0.1) is 11.3 Å². The molecule has 0 aliphatic rings. The van der Waals surface area contributed by atoms with Crippen molar-refractivity contribution in [3.8, 4) is 21.8 Å². The number of nitrogens with zero attached hydrogens (tertiary/aromatic N) is 3. The van der Waals surface area contributed by atoms with E-state index in [-0.39, 0.29) is 16.1 Å². The number of hydrogen-bond donors (Lipinski definition) is 2. The molecule has 4 aromatic rings.